The van der Waals surface area contributed by atoms with Crippen molar-refractivity contribution in [2.45, 2.75) is 12.8 Å². The van der Waals surface area contributed by atoms with Crippen LogP contribution in [0.5, 0.6) is 5.75 Å². The number of ether oxygens (including phenoxy) is 1. The van der Waals surface area contributed by atoms with Crippen molar-refractivity contribution in [3.8, 4) is 17.1 Å². The van der Waals surface area contributed by atoms with Crippen LogP contribution in [0.2, 0.25) is 0 Å². The first-order chi connectivity index (χ1) is 17.8. The molecular weight excluding hydrogens is 490 g/mol. The van der Waals surface area contributed by atoms with Gasteiger partial charge in [-0.15, -0.1) is 0 Å². The number of hydrogen-bond donors (Lipinski definition) is 1. The van der Waals surface area contributed by atoms with Crippen LogP contribution in [-0.4, -0.2) is 16.3 Å². The molecule has 6 nitrogen and oxygen atoms in total. The summed E-state index contributed by atoms with van der Waals surface area (Å²) in [4.78, 5) is 19.3. The number of nitrogens with zero attached hydrogens (tertiary/aromatic N) is 2. The Morgan fingerprint density at radius 1 is 0.973 bits per heavy atom. The highest BCUT2D eigenvalue weighted by Crippen LogP contribution is 2.39. The van der Waals surface area contributed by atoms with Crippen LogP contribution in [0.25, 0.3) is 22.2 Å². The van der Waals surface area contributed by atoms with Gasteiger partial charge in [-0.05, 0) is 66.2 Å². The summed E-state index contributed by atoms with van der Waals surface area (Å²) in [5, 5.41) is 3.45. The topological polar surface area (TPSA) is 77.2 Å². The van der Waals surface area contributed by atoms with Gasteiger partial charge < -0.3 is 14.5 Å². The fourth-order valence-electron chi connectivity index (χ4n) is 3.76. The molecule has 3 aromatic carbocycles. The Morgan fingerprint density at radius 3 is 2.59 bits per heavy atom. The zero-order valence-corrected chi connectivity index (χ0v) is 18.9. The van der Waals surface area contributed by atoms with Gasteiger partial charge in [0.2, 0.25) is 0 Å². The van der Waals surface area contributed by atoms with Crippen LogP contribution in [0, 0.1) is 5.82 Å². The summed E-state index contributed by atoms with van der Waals surface area (Å²) in [6, 6.07) is 17.3. The Bertz CT molecular complexity index is 1600. The highest BCUT2D eigenvalue weighted by Gasteiger charge is 2.35. The van der Waals surface area contributed by atoms with E-state index in [1.807, 2.05) is 0 Å². The number of carbonyl (C=O) groups is 1. The molecule has 0 fully saturated rings. The average Bonchev–Trinajstić information content (AvgIpc) is 3.37. The number of benzene rings is 3. The molecule has 0 saturated heterocycles. The lowest BCUT2D eigenvalue weighted by molar-refractivity contribution is -0.139. The minimum atomic E-state index is -4.70. The highest BCUT2D eigenvalue weighted by atomic mass is 19.4. The minimum absolute atomic E-state index is 0.122. The van der Waals surface area contributed by atoms with Crippen LogP contribution in [0.4, 0.5) is 29.1 Å². The fourth-order valence-corrected chi connectivity index (χ4v) is 3.76. The maximum absolute atomic E-state index is 13.9. The van der Waals surface area contributed by atoms with Crippen LogP contribution < -0.4 is 10.1 Å². The molecule has 0 unspecified atom stereocenters. The number of furan rings is 1. The number of fused-ring (bicyclic) bond motifs is 1. The molecule has 0 spiro atoms. The molecular formula is C27H17F4N3O3. The fraction of sp³-hybridized carbons (Fsp3) is 0.0741. The molecule has 2 heterocycles. The van der Waals surface area contributed by atoms with Crippen molar-refractivity contribution in [3.63, 3.8) is 0 Å². The predicted molar refractivity (Wildman–Crippen MR) is 128 cm³/mol. The first-order valence-electron chi connectivity index (χ1n) is 11.0. The molecule has 0 bridgehead atoms. The molecule has 5 rings (SSSR count). The number of aldehydes is 1. The van der Waals surface area contributed by atoms with Crippen molar-refractivity contribution in [1.29, 1.82) is 0 Å². The molecule has 0 amide bonds. The lowest BCUT2D eigenvalue weighted by Crippen LogP contribution is -2.10. The third-order valence-electron chi connectivity index (χ3n) is 5.49. The Morgan fingerprint density at radius 2 is 1.84 bits per heavy atom. The Hall–Kier alpha value is -4.73. The van der Waals surface area contributed by atoms with Crippen LogP contribution in [0.3, 0.4) is 0 Å². The maximum atomic E-state index is 13.9. The number of nitrogens with one attached hydrogen (secondary N) is 1. The van der Waals surface area contributed by atoms with Crippen molar-refractivity contribution in [2.24, 2.45) is 0 Å². The number of alkyl halides is 3. The molecule has 1 N–H and O–H groups in total. The first kappa shape index (κ1) is 24.0. The molecule has 2 aromatic heterocycles. The van der Waals surface area contributed by atoms with Gasteiger partial charge in [-0.3, -0.25) is 4.79 Å². The Labute approximate surface area is 207 Å². The van der Waals surface area contributed by atoms with E-state index in [1.165, 1.54) is 42.7 Å². The molecule has 5 aromatic rings. The van der Waals surface area contributed by atoms with Gasteiger partial charge >= 0.3 is 6.18 Å². The smallest absolute Gasteiger partial charge is 0.420 e. The van der Waals surface area contributed by atoms with E-state index in [2.05, 4.69) is 15.3 Å². The Balaban J connectivity index is 1.46. The van der Waals surface area contributed by atoms with Gasteiger partial charge in [0, 0.05) is 16.6 Å². The number of carbonyl (C=O) groups excluding carboxylic acids is 1. The summed E-state index contributed by atoms with van der Waals surface area (Å²) in [7, 11) is 0. The molecule has 0 atom stereocenters. The lowest BCUT2D eigenvalue weighted by Gasteiger charge is -2.16. The van der Waals surface area contributed by atoms with Gasteiger partial charge in [0.15, 0.2) is 12.0 Å². The minimum Gasteiger partial charge on any atom is -0.488 e. The van der Waals surface area contributed by atoms with Crippen LogP contribution in [-0.2, 0) is 12.8 Å². The summed E-state index contributed by atoms with van der Waals surface area (Å²) in [5.74, 6) is -0.0141. The number of hydrogen-bond acceptors (Lipinski definition) is 6. The number of halogens is 4. The molecule has 10 heteroatoms. The van der Waals surface area contributed by atoms with Crippen LogP contribution in [0.1, 0.15) is 21.7 Å². The standard InChI is InChI=1S/C27H17F4N3O3/c28-18-3-1-2-16(10-18)14-36-25-8-5-19(12-22(25)27(29,30)31)34-26-21-11-17(4-7-23(21)32-15-33-26)24-9-6-20(13-35)37-24/h1-13,15H,14H2,(H,32,33,34). The van der Waals surface area contributed by atoms with Crippen molar-refractivity contribution < 1.29 is 31.5 Å². The lowest BCUT2D eigenvalue weighted by atomic mass is 10.1. The van der Waals surface area contributed by atoms with Gasteiger partial charge in [-0.2, -0.15) is 13.2 Å². The largest absolute Gasteiger partial charge is 0.488 e. The predicted octanol–water partition coefficient (Wildman–Crippen LogP) is 7.18. The van der Waals surface area contributed by atoms with E-state index in [4.69, 9.17) is 9.15 Å². The van der Waals surface area contributed by atoms with Gasteiger partial charge in [0.1, 0.15) is 36.1 Å². The third kappa shape index (κ3) is 5.27. The SMILES string of the molecule is O=Cc1ccc(-c2ccc3ncnc(Nc4ccc(OCc5cccc(F)c5)c(C(F)(F)F)c4)c3c2)o1. The van der Waals surface area contributed by atoms with E-state index in [9.17, 15) is 22.4 Å². The molecule has 0 radical (unpaired) electrons. The first-order valence-corrected chi connectivity index (χ1v) is 11.0. The van der Waals surface area contributed by atoms with E-state index >= 15 is 0 Å². The third-order valence-corrected chi connectivity index (χ3v) is 5.49. The zero-order valence-electron chi connectivity index (χ0n) is 18.9. The average molecular weight is 507 g/mol. The van der Waals surface area contributed by atoms with Gasteiger partial charge in [0.05, 0.1) is 11.1 Å². The van der Waals surface area contributed by atoms with Gasteiger partial charge in [-0.25, -0.2) is 14.4 Å². The second-order valence-electron chi connectivity index (χ2n) is 8.03. The second-order valence-corrected chi connectivity index (χ2v) is 8.03. The van der Waals surface area contributed by atoms with E-state index in [1.54, 1.807) is 30.3 Å². The number of anilines is 2. The van der Waals surface area contributed by atoms with Gasteiger partial charge in [0.25, 0.3) is 0 Å². The number of aromatic nitrogens is 2. The Kier molecular flexibility index (Phi) is 6.31. The van der Waals surface area contributed by atoms with Crippen LogP contribution >= 0.6 is 0 Å². The van der Waals surface area contributed by atoms with Crippen molar-refractivity contribution in [3.05, 3.63) is 102 Å². The molecule has 186 valence electrons. The van der Waals surface area contributed by atoms with Crippen molar-refractivity contribution in [2.75, 3.05) is 5.32 Å². The van der Waals surface area contributed by atoms with Crippen LogP contribution in [0.15, 0.2) is 83.5 Å². The molecule has 0 aliphatic carbocycles. The maximum Gasteiger partial charge on any atom is 0.420 e. The molecule has 37 heavy (non-hydrogen) atoms. The van der Waals surface area contributed by atoms with E-state index in [0.29, 0.717) is 34.1 Å². The second kappa shape index (κ2) is 9.73. The zero-order chi connectivity index (χ0) is 26.0. The summed E-state index contributed by atoms with van der Waals surface area (Å²) in [5.41, 5.74) is 0.711. The quantitative estimate of drug-likeness (QED) is 0.186. The summed E-state index contributed by atoms with van der Waals surface area (Å²) < 4.78 is 65.8. The van der Waals surface area contributed by atoms with Crippen molar-refractivity contribution in [1.82, 2.24) is 9.97 Å². The summed E-state index contributed by atoms with van der Waals surface area (Å²) in [6.07, 6.45) is -2.82. The monoisotopic (exact) mass is 507 g/mol. The van der Waals surface area contributed by atoms with E-state index in [0.717, 1.165) is 6.07 Å². The molecule has 0 saturated carbocycles. The normalized spacial score (nSPS) is 11.5. The van der Waals surface area contributed by atoms with Gasteiger partial charge in [-0.1, -0.05) is 12.1 Å². The van der Waals surface area contributed by atoms with Crippen molar-refractivity contribution >= 4 is 28.7 Å². The molecule has 0 aliphatic heterocycles. The molecule has 0 aliphatic rings. The summed E-state index contributed by atoms with van der Waals surface area (Å²) >= 11 is 0. The number of rotatable bonds is 7. The highest BCUT2D eigenvalue weighted by molar-refractivity contribution is 5.93. The van der Waals surface area contributed by atoms with E-state index in [-0.39, 0.29) is 29.6 Å². The van der Waals surface area contributed by atoms with E-state index < -0.39 is 17.6 Å². The summed E-state index contributed by atoms with van der Waals surface area (Å²) in [6.45, 7) is -0.231.